The molecule has 5 nitrogen and oxygen atoms in total. The number of fused-ring (bicyclic) bond motifs is 5. The molecular formula is C9H12O5. The highest BCUT2D eigenvalue weighted by Crippen LogP contribution is 2.47. The van der Waals surface area contributed by atoms with Crippen LogP contribution in [-0.2, 0) is 19.0 Å². The average Bonchev–Trinajstić information content (AvgIpc) is 2.77. The van der Waals surface area contributed by atoms with Crippen LogP contribution in [0.25, 0.3) is 0 Å². The van der Waals surface area contributed by atoms with Gasteiger partial charge in [-0.15, -0.1) is 0 Å². The maximum atomic E-state index is 11.3. The fourth-order valence-corrected chi connectivity index (χ4v) is 2.87. The van der Waals surface area contributed by atoms with Gasteiger partial charge in [0.2, 0.25) is 0 Å². The summed E-state index contributed by atoms with van der Waals surface area (Å²) in [6.07, 6.45) is -1.62. The topological polar surface area (TPSA) is 65.0 Å². The number of esters is 1. The van der Waals surface area contributed by atoms with E-state index < -0.39 is 12.2 Å². The number of carbonyl (C=O) groups is 1. The largest absolute Gasteiger partial charge is 0.465 e. The number of rotatable bonds is 1. The number of ether oxygens (including phenoxy) is 3. The summed E-state index contributed by atoms with van der Waals surface area (Å²) in [4.78, 5) is 11.3. The quantitative estimate of drug-likeness (QED) is 0.546. The molecule has 3 heterocycles. The van der Waals surface area contributed by atoms with E-state index in [0.717, 1.165) is 0 Å². The number of aliphatic hydroxyl groups is 1. The summed E-state index contributed by atoms with van der Waals surface area (Å²) < 4.78 is 15.7. The van der Waals surface area contributed by atoms with Crippen LogP contribution in [0.5, 0.6) is 0 Å². The normalized spacial score (nSPS) is 54.9. The van der Waals surface area contributed by atoms with Crippen LogP contribution in [0.2, 0.25) is 0 Å². The Morgan fingerprint density at radius 1 is 1.50 bits per heavy atom. The maximum absolute atomic E-state index is 11.3. The van der Waals surface area contributed by atoms with Gasteiger partial charge in [0.1, 0.15) is 18.3 Å². The molecule has 0 saturated carbocycles. The molecule has 5 heteroatoms. The smallest absolute Gasteiger partial charge is 0.312 e. The van der Waals surface area contributed by atoms with Gasteiger partial charge in [-0.05, 0) is 0 Å². The third-order valence-electron chi connectivity index (χ3n) is 3.51. The summed E-state index contributed by atoms with van der Waals surface area (Å²) in [6, 6.07) is 0. The third kappa shape index (κ3) is 0.827. The van der Waals surface area contributed by atoms with Gasteiger partial charge in [-0.3, -0.25) is 4.79 Å². The Kier molecular flexibility index (Phi) is 1.66. The second kappa shape index (κ2) is 2.68. The molecule has 3 rings (SSSR count). The van der Waals surface area contributed by atoms with E-state index in [2.05, 4.69) is 0 Å². The minimum Gasteiger partial charge on any atom is -0.465 e. The average molecular weight is 200 g/mol. The zero-order valence-electron chi connectivity index (χ0n) is 7.75. The Hall–Kier alpha value is -0.650. The van der Waals surface area contributed by atoms with Crippen LogP contribution < -0.4 is 0 Å². The van der Waals surface area contributed by atoms with Gasteiger partial charge in [0.25, 0.3) is 0 Å². The number of aliphatic hydroxyl groups excluding tert-OH is 1. The molecule has 0 unspecified atom stereocenters. The Bertz CT molecular complexity index is 278. The highest BCUT2D eigenvalue weighted by molar-refractivity contribution is 5.76. The third-order valence-corrected chi connectivity index (χ3v) is 3.51. The summed E-state index contributed by atoms with van der Waals surface area (Å²) in [6.45, 7) is 0.400. The molecule has 0 spiro atoms. The highest BCUT2D eigenvalue weighted by Gasteiger charge is 2.65. The monoisotopic (exact) mass is 200 g/mol. The van der Waals surface area contributed by atoms with Crippen LogP contribution in [0.3, 0.4) is 0 Å². The lowest BCUT2D eigenvalue weighted by Gasteiger charge is -2.28. The van der Waals surface area contributed by atoms with Crippen LogP contribution in [0.1, 0.15) is 0 Å². The second-order valence-electron chi connectivity index (χ2n) is 4.08. The van der Waals surface area contributed by atoms with E-state index >= 15 is 0 Å². The summed E-state index contributed by atoms with van der Waals surface area (Å²) in [5.41, 5.74) is 0. The van der Waals surface area contributed by atoms with Crippen molar-refractivity contribution in [2.24, 2.45) is 11.8 Å². The van der Waals surface area contributed by atoms with Gasteiger partial charge in [0.05, 0.1) is 18.6 Å². The van der Waals surface area contributed by atoms with Crippen LogP contribution in [-0.4, -0.2) is 49.2 Å². The first-order valence-corrected chi connectivity index (χ1v) is 4.77. The summed E-state index contributed by atoms with van der Waals surface area (Å²) in [5.74, 6) is -0.446. The van der Waals surface area contributed by atoms with Crippen molar-refractivity contribution in [1.82, 2.24) is 0 Å². The molecule has 3 aliphatic heterocycles. The molecule has 1 N–H and O–H groups in total. The van der Waals surface area contributed by atoms with Gasteiger partial charge in [-0.1, -0.05) is 0 Å². The van der Waals surface area contributed by atoms with Crippen molar-refractivity contribution in [3.63, 3.8) is 0 Å². The molecular weight excluding hydrogens is 188 g/mol. The lowest BCUT2D eigenvalue weighted by molar-refractivity contribution is -0.145. The fourth-order valence-electron chi connectivity index (χ4n) is 2.87. The van der Waals surface area contributed by atoms with Gasteiger partial charge in [-0.25, -0.2) is 0 Å². The molecule has 0 radical (unpaired) electrons. The lowest BCUT2D eigenvalue weighted by Crippen LogP contribution is -2.47. The van der Waals surface area contributed by atoms with E-state index in [1.54, 1.807) is 7.11 Å². The van der Waals surface area contributed by atoms with Crippen LogP contribution in [0.4, 0.5) is 0 Å². The predicted octanol–water partition coefficient (Wildman–Crippen LogP) is -1.07. The van der Waals surface area contributed by atoms with Crippen molar-refractivity contribution in [1.29, 1.82) is 0 Å². The number of hydrogen-bond donors (Lipinski definition) is 1. The van der Waals surface area contributed by atoms with Crippen LogP contribution in [0.15, 0.2) is 0 Å². The maximum Gasteiger partial charge on any atom is 0.312 e. The predicted molar refractivity (Wildman–Crippen MR) is 43.4 cm³/mol. The Balaban J connectivity index is 1.92. The van der Waals surface area contributed by atoms with E-state index in [1.807, 2.05) is 0 Å². The molecule has 3 fully saturated rings. The summed E-state index contributed by atoms with van der Waals surface area (Å²) in [7, 11) is 1.55. The summed E-state index contributed by atoms with van der Waals surface area (Å²) in [5, 5.41) is 9.79. The first kappa shape index (κ1) is 8.64. The van der Waals surface area contributed by atoms with Crippen molar-refractivity contribution in [2.75, 3.05) is 13.7 Å². The molecule has 0 aromatic heterocycles. The molecule has 3 saturated heterocycles. The first-order chi connectivity index (χ1) is 6.74. The Labute approximate surface area is 80.9 Å². The minimum absolute atomic E-state index is 0.0702. The lowest BCUT2D eigenvalue weighted by atomic mass is 9.78. The van der Waals surface area contributed by atoms with Crippen molar-refractivity contribution in [3.05, 3.63) is 0 Å². The van der Waals surface area contributed by atoms with Crippen molar-refractivity contribution < 1.29 is 24.1 Å². The van der Waals surface area contributed by atoms with Gasteiger partial charge in [0.15, 0.2) is 0 Å². The van der Waals surface area contributed by atoms with E-state index in [1.165, 1.54) is 0 Å². The van der Waals surface area contributed by atoms with Crippen LogP contribution >= 0.6 is 0 Å². The van der Waals surface area contributed by atoms with Gasteiger partial charge >= 0.3 is 5.97 Å². The molecule has 3 aliphatic rings. The van der Waals surface area contributed by atoms with E-state index in [9.17, 15) is 9.90 Å². The van der Waals surface area contributed by atoms with Crippen molar-refractivity contribution >= 4 is 5.97 Å². The second-order valence-corrected chi connectivity index (χ2v) is 4.08. The van der Waals surface area contributed by atoms with Crippen molar-refractivity contribution in [3.8, 4) is 0 Å². The molecule has 2 bridgehead atoms. The molecule has 0 amide bonds. The van der Waals surface area contributed by atoms with E-state index in [-0.39, 0.29) is 30.0 Å². The van der Waals surface area contributed by atoms with Gasteiger partial charge < -0.3 is 19.3 Å². The minimum atomic E-state index is -0.697. The number of hydrogen-bond acceptors (Lipinski definition) is 5. The van der Waals surface area contributed by atoms with Crippen LogP contribution in [0, 0.1) is 11.8 Å². The molecule has 78 valence electrons. The van der Waals surface area contributed by atoms with Gasteiger partial charge in [0, 0.05) is 13.0 Å². The van der Waals surface area contributed by atoms with E-state index in [4.69, 9.17) is 14.2 Å². The molecule has 14 heavy (non-hydrogen) atoms. The highest BCUT2D eigenvalue weighted by atomic mass is 16.6. The molecule has 0 aliphatic carbocycles. The van der Waals surface area contributed by atoms with Gasteiger partial charge in [-0.2, -0.15) is 0 Å². The Morgan fingerprint density at radius 2 is 2.29 bits per heavy atom. The van der Waals surface area contributed by atoms with E-state index in [0.29, 0.717) is 6.61 Å². The number of carbonyl (C=O) groups excluding carboxylic acids is 1. The molecule has 6 atom stereocenters. The fraction of sp³-hybridized carbons (Fsp3) is 0.889. The van der Waals surface area contributed by atoms with Crippen molar-refractivity contribution in [2.45, 2.75) is 24.4 Å². The standard InChI is InChI=1S/C9H12O5/c1-12-8-5(10)7-4-3(6(8)14-7)2-13-9(4)11/h3-8,10H,2H2,1H3/t3-,4+,5+,6-,7-,8+/m1/s1. The molecule has 0 aromatic rings. The Morgan fingerprint density at radius 3 is 3.00 bits per heavy atom. The zero-order valence-corrected chi connectivity index (χ0v) is 7.75. The molecule has 0 aromatic carbocycles. The zero-order chi connectivity index (χ0) is 9.87. The first-order valence-electron chi connectivity index (χ1n) is 4.77. The summed E-state index contributed by atoms with van der Waals surface area (Å²) >= 11 is 0. The SMILES string of the molecule is CO[C@H]1[C@@H](O)[C@@H]2O[C@@H]1[C@@H]1COC(=O)[C@@H]12. The number of methoxy groups -OCH3 is 1. The number of cyclic esters (lactones) is 1.